The number of para-hydroxylation sites is 1. The Balaban J connectivity index is 1.63. The molecule has 0 unspecified atom stereocenters. The highest BCUT2D eigenvalue weighted by molar-refractivity contribution is 5.84. The maximum absolute atomic E-state index is 11.6. The Morgan fingerprint density at radius 2 is 1.67 bits per heavy atom. The Morgan fingerprint density at radius 3 is 2.42 bits per heavy atom. The van der Waals surface area contributed by atoms with Gasteiger partial charge in [0.1, 0.15) is 5.75 Å². The lowest BCUT2D eigenvalue weighted by atomic mass is 10.1. The Labute approximate surface area is 141 Å². The van der Waals surface area contributed by atoms with E-state index in [-0.39, 0.29) is 12.0 Å². The second-order valence-electron chi connectivity index (χ2n) is 6.01. The minimum Gasteiger partial charge on any atom is -0.493 e. The molecule has 0 radical (unpaired) electrons. The van der Waals surface area contributed by atoms with Crippen LogP contribution in [0.1, 0.15) is 51.4 Å². The number of H-pyrrole nitrogens is 1. The molecule has 0 aliphatic rings. The number of ether oxygens (including phenoxy) is 1. The number of carboxylic acids is 1. The molecule has 2 aromatic rings. The Morgan fingerprint density at radius 1 is 1.00 bits per heavy atom. The van der Waals surface area contributed by atoms with Gasteiger partial charge in [0.05, 0.1) is 12.1 Å². The van der Waals surface area contributed by atoms with Crippen LogP contribution < -0.4 is 10.3 Å². The van der Waals surface area contributed by atoms with Crippen molar-refractivity contribution >= 4 is 16.9 Å². The summed E-state index contributed by atoms with van der Waals surface area (Å²) in [5.74, 6) is -0.0672. The molecule has 0 aliphatic carbocycles. The van der Waals surface area contributed by atoms with Gasteiger partial charge in [-0.25, -0.2) is 0 Å². The molecule has 0 fully saturated rings. The highest BCUT2D eigenvalue weighted by Crippen LogP contribution is 2.22. The number of carboxylic acid groups (broad SMARTS) is 1. The summed E-state index contributed by atoms with van der Waals surface area (Å²) < 4.78 is 5.79. The first-order valence-electron chi connectivity index (χ1n) is 8.63. The number of carbonyl (C=O) groups is 1. The summed E-state index contributed by atoms with van der Waals surface area (Å²) in [6, 6.07) is 9.13. The van der Waals surface area contributed by atoms with Crippen LogP contribution in [0.3, 0.4) is 0 Å². The third-order valence-electron chi connectivity index (χ3n) is 4.01. The first-order valence-corrected chi connectivity index (χ1v) is 8.63. The number of benzene rings is 1. The maximum atomic E-state index is 11.6. The quantitative estimate of drug-likeness (QED) is 0.607. The van der Waals surface area contributed by atoms with Gasteiger partial charge in [0.2, 0.25) is 0 Å². The fourth-order valence-corrected chi connectivity index (χ4v) is 2.74. The molecule has 0 aliphatic heterocycles. The molecule has 0 spiro atoms. The standard InChI is InChI=1S/C19H25NO4/c21-18-14-17(15-10-7-8-11-16(15)20-18)24-13-9-5-3-1-2-4-6-12-19(22)23/h7-8,10-11,14H,1-6,9,12-13H2,(H,20,21)(H,22,23). The number of aromatic amines is 1. The van der Waals surface area contributed by atoms with E-state index in [1.807, 2.05) is 24.3 Å². The van der Waals surface area contributed by atoms with Crippen molar-refractivity contribution in [2.75, 3.05) is 6.61 Å². The predicted octanol–water partition coefficient (Wildman–Crippen LogP) is 4.11. The monoisotopic (exact) mass is 331 g/mol. The van der Waals surface area contributed by atoms with Gasteiger partial charge in [-0.05, 0) is 25.0 Å². The lowest BCUT2D eigenvalue weighted by Crippen LogP contribution is -2.07. The number of hydrogen-bond donors (Lipinski definition) is 2. The second-order valence-corrected chi connectivity index (χ2v) is 6.01. The van der Waals surface area contributed by atoms with Gasteiger partial charge in [0, 0.05) is 17.9 Å². The van der Waals surface area contributed by atoms with Crippen molar-refractivity contribution in [2.24, 2.45) is 0 Å². The zero-order chi connectivity index (χ0) is 17.2. The van der Waals surface area contributed by atoms with Crippen LogP contribution in [0, 0.1) is 0 Å². The molecular weight excluding hydrogens is 306 g/mol. The van der Waals surface area contributed by atoms with E-state index in [0.717, 1.165) is 55.8 Å². The summed E-state index contributed by atoms with van der Waals surface area (Å²) in [4.78, 5) is 24.8. The summed E-state index contributed by atoms with van der Waals surface area (Å²) in [5, 5.41) is 9.48. The van der Waals surface area contributed by atoms with Crippen LogP contribution in [-0.4, -0.2) is 22.7 Å². The van der Waals surface area contributed by atoms with Crippen molar-refractivity contribution in [3.05, 3.63) is 40.7 Å². The van der Waals surface area contributed by atoms with E-state index >= 15 is 0 Å². The molecule has 1 aromatic carbocycles. The normalized spacial score (nSPS) is 10.8. The summed E-state index contributed by atoms with van der Waals surface area (Å²) in [6.45, 7) is 0.604. The molecule has 0 bridgehead atoms. The molecule has 1 aromatic heterocycles. The highest BCUT2D eigenvalue weighted by atomic mass is 16.5. The number of aliphatic carboxylic acids is 1. The van der Waals surface area contributed by atoms with Crippen LogP contribution in [0.5, 0.6) is 5.75 Å². The molecule has 24 heavy (non-hydrogen) atoms. The van der Waals surface area contributed by atoms with E-state index in [1.165, 1.54) is 6.07 Å². The van der Waals surface area contributed by atoms with Crippen LogP contribution in [0.2, 0.25) is 0 Å². The zero-order valence-electron chi connectivity index (χ0n) is 13.9. The molecule has 1 heterocycles. The topological polar surface area (TPSA) is 79.4 Å². The van der Waals surface area contributed by atoms with E-state index < -0.39 is 5.97 Å². The number of nitrogens with one attached hydrogen (secondary N) is 1. The van der Waals surface area contributed by atoms with Crippen molar-refractivity contribution in [3.8, 4) is 5.75 Å². The van der Waals surface area contributed by atoms with Gasteiger partial charge in [-0.1, -0.05) is 44.2 Å². The third kappa shape index (κ3) is 6.07. The fraction of sp³-hybridized carbons (Fsp3) is 0.474. The number of aromatic nitrogens is 1. The van der Waals surface area contributed by atoms with Gasteiger partial charge in [-0.2, -0.15) is 0 Å². The van der Waals surface area contributed by atoms with E-state index in [0.29, 0.717) is 12.4 Å². The highest BCUT2D eigenvalue weighted by Gasteiger charge is 2.04. The number of rotatable bonds is 11. The third-order valence-corrected chi connectivity index (χ3v) is 4.01. The average molecular weight is 331 g/mol. The number of hydrogen-bond acceptors (Lipinski definition) is 3. The summed E-state index contributed by atoms with van der Waals surface area (Å²) in [6.07, 6.45) is 7.43. The molecule has 5 heteroatoms. The van der Waals surface area contributed by atoms with Crippen molar-refractivity contribution in [1.29, 1.82) is 0 Å². The lowest BCUT2D eigenvalue weighted by Gasteiger charge is -2.09. The predicted molar refractivity (Wildman–Crippen MR) is 94.6 cm³/mol. The van der Waals surface area contributed by atoms with Crippen LogP contribution in [0.15, 0.2) is 35.1 Å². The number of unbranched alkanes of at least 4 members (excludes halogenated alkanes) is 6. The first-order chi connectivity index (χ1) is 11.7. The molecule has 0 atom stereocenters. The van der Waals surface area contributed by atoms with Gasteiger partial charge in [-0.15, -0.1) is 0 Å². The van der Waals surface area contributed by atoms with E-state index in [9.17, 15) is 9.59 Å². The van der Waals surface area contributed by atoms with E-state index in [4.69, 9.17) is 9.84 Å². The van der Waals surface area contributed by atoms with E-state index in [1.54, 1.807) is 0 Å². The largest absolute Gasteiger partial charge is 0.493 e. The molecule has 2 rings (SSSR count). The number of fused-ring (bicyclic) bond motifs is 1. The van der Waals surface area contributed by atoms with Gasteiger partial charge >= 0.3 is 5.97 Å². The average Bonchev–Trinajstić information content (AvgIpc) is 2.56. The molecular formula is C19H25NO4. The van der Waals surface area contributed by atoms with Crippen molar-refractivity contribution in [3.63, 3.8) is 0 Å². The Bertz CT molecular complexity index is 708. The SMILES string of the molecule is O=C(O)CCCCCCCCCOc1cc(=O)[nH]c2ccccc12. The smallest absolute Gasteiger partial charge is 0.303 e. The second kappa shape index (κ2) is 9.75. The maximum Gasteiger partial charge on any atom is 0.303 e. The van der Waals surface area contributed by atoms with Gasteiger partial charge in [0.25, 0.3) is 5.56 Å². The molecule has 0 amide bonds. The minimum absolute atomic E-state index is 0.148. The summed E-state index contributed by atoms with van der Waals surface area (Å²) in [7, 11) is 0. The van der Waals surface area contributed by atoms with Crippen molar-refractivity contribution in [1.82, 2.24) is 4.98 Å². The van der Waals surface area contributed by atoms with E-state index in [2.05, 4.69) is 4.98 Å². The van der Waals surface area contributed by atoms with Crippen LogP contribution in [0.25, 0.3) is 10.9 Å². The zero-order valence-corrected chi connectivity index (χ0v) is 13.9. The summed E-state index contributed by atoms with van der Waals surface area (Å²) in [5.41, 5.74) is 0.645. The number of pyridine rings is 1. The van der Waals surface area contributed by atoms with Crippen LogP contribution in [0.4, 0.5) is 0 Å². The fourth-order valence-electron chi connectivity index (χ4n) is 2.74. The molecule has 0 saturated heterocycles. The Kier molecular flexibility index (Phi) is 7.33. The molecule has 0 saturated carbocycles. The van der Waals surface area contributed by atoms with Crippen LogP contribution >= 0.6 is 0 Å². The molecule has 5 nitrogen and oxygen atoms in total. The summed E-state index contributed by atoms with van der Waals surface area (Å²) >= 11 is 0. The molecule has 2 N–H and O–H groups in total. The van der Waals surface area contributed by atoms with Gasteiger partial charge in [0.15, 0.2) is 0 Å². The van der Waals surface area contributed by atoms with Gasteiger partial charge < -0.3 is 14.8 Å². The Hall–Kier alpha value is -2.30. The van der Waals surface area contributed by atoms with Gasteiger partial charge in [-0.3, -0.25) is 9.59 Å². The molecule has 130 valence electrons. The lowest BCUT2D eigenvalue weighted by molar-refractivity contribution is -0.137. The minimum atomic E-state index is -0.709. The first kappa shape index (κ1) is 18.0. The van der Waals surface area contributed by atoms with Crippen molar-refractivity contribution in [2.45, 2.75) is 51.4 Å². The van der Waals surface area contributed by atoms with Crippen LogP contribution in [-0.2, 0) is 4.79 Å². The van der Waals surface area contributed by atoms with Crippen molar-refractivity contribution < 1.29 is 14.6 Å².